The van der Waals surface area contributed by atoms with Gasteiger partial charge in [-0.15, -0.1) is 0 Å². The molecule has 0 N–H and O–H groups in total. The Hall–Kier alpha value is -4.61. The van der Waals surface area contributed by atoms with Gasteiger partial charge in [-0.3, -0.25) is 4.40 Å². The molecule has 5 heteroatoms. The molecule has 0 aliphatic heterocycles. The van der Waals surface area contributed by atoms with E-state index in [4.69, 9.17) is 9.40 Å². The van der Waals surface area contributed by atoms with E-state index in [1.165, 1.54) is 21.8 Å². The van der Waals surface area contributed by atoms with Crippen LogP contribution in [-0.4, -0.2) is 14.0 Å². The molecule has 0 aliphatic carbocycles. The van der Waals surface area contributed by atoms with Crippen molar-refractivity contribution in [3.63, 3.8) is 0 Å². The van der Waals surface area contributed by atoms with Crippen molar-refractivity contribution >= 4 is 54.7 Å². The second-order valence-electron chi connectivity index (χ2n) is 9.44. The van der Waals surface area contributed by atoms with Crippen LogP contribution in [0.3, 0.4) is 0 Å². The van der Waals surface area contributed by atoms with Gasteiger partial charge < -0.3 is 8.98 Å². The third-order valence-electron chi connectivity index (χ3n) is 7.26. The van der Waals surface area contributed by atoms with Gasteiger partial charge >= 0.3 is 5.84 Å². The molecule has 0 saturated heterocycles. The van der Waals surface area contributed by atoms with Crippen molar-refractivity contribution in [2.45, 2.75) is 0 Å². The Labute approximate surface area is 226 Å². The molecule has 3 heterocycles. The predicted molar refractivity (Wildman–Crippen MR) is 158 cm³/mol. The van der Waals surface area contributed by atoms with E-state index in [2.05, 4.69) is 118 Å². The highest BCUT2D eigenvalue weighted by molar-refractivity contribution is 9.10. The van der Waals surface area contributed by atoms with Crippen LogP contribution in [0.2, 0.25) is 0 Å². The van der Waals surface area contributed by atoms with Gasteiger partial charge in [0.05, 0.1) is 16.6 Å². The van der Waals surface area contributed by atoms with Gasteiger partial charge in [0.2, 0.25) is 0 Å². The van der Waals surface area contributed by atoms with E-state index in [9.17, 15) is 0 Å². The van der Waals surface area contributed by atoms with Gasteiger partial charge in [-0.2, -0.15) is 4.98 Å². The summed E-state index contributed by atoms with van der Waals surface area (Å²) in [6.45, 7) is 0. The molecule has 3 aromatic heterocycles. The van der Waals surface area contributed by atoms with Crippen molar-refractivity contribution in [1.29, 1.82) is 0 Å². The van der Waals surface area contributed by atoms with E-state index in [-0.39, 0.29) is 0 Å². The second kappa shape index (κ2) is 8.20. The zero-order chi connectivity index (χ0) is 25.2. The standard InChI is InChI=1S/C33H20BrN3O/c34-32-31(21-9-3-1-4-10-21)35-33-37(32)29-20-23(16-18-30(29)38-33)22-15-17-28-26(19-22)25-13-7-8-14-27(25)36(28)24-11-5-2-6-12-24/h1-20H. The highest BCUT2D eigenvalue weighted by Gasteiger charge is 2.19. The fraction of sp³-hybridized carbons (Fsp3) is 0. The minimum atomic E-state index is 0.573. The van der Waals surface area contributed by atoms with Crippen LogP contribution in [0.4, 0.5) is 0 Å². The molecule has 0 radical (unpaired) electrons. The summed E-state index contributed by atoms with van der Waals surface area (Å²) in [7, 11) is 0. The lowest BCUT2D eigenvalue weighted by atomic mass is 10.0. The maximum Gasteiger partial charge on any atom is 0.308 e. The van der Waals surface area contributed by atoms with E-state index >= 15 is 0 Å². The Morgan fingerprint density at radius 3 is 2.11 bits per heavy atom. The molecule has 4 nitrogen and oxygen atoms in total. The number of imidazole rings is 1. The van der Waals surface area contributed by atoms with Crippen molar-refractivity contribution in [2.75, 3.05) is 0 Å². The number of hydrogen-bond donors (Lipinski definition) is 0. The second-order valence-corrected chi connectivity index (χ2v) is 10.2. The van der Waals surface area contributed by atoms with Crippen LogP contribution >= 0.6 is 15.9 Å². The van der Waals surface area contributed by atoms with E-state index < -0.39 is 0 Å². The van der Waals surface area contributed by atoms with Gasteiger partial charge in [-0.1, -0.05) is 78.9 Å². The smallest absolute Gasteiger partial charge is 0.308 e. The lowest BCUT2D eigenvalue weighted by molar-refractivity contribution is 0.641. The molecule has 0 spiro atoms. The predicted octanol–water partition coefficient (Wildman–Crippen LogP) is 9.27. The molecular formula is C33H20BrN3O. The monoisotopic (exact) mass is 553 g/mol. The molecule has 5 aromatic carbocycles. The van der Waals surface area contributed by atoms with Crippen LogP contribution in [0.15, 0.2) is 130 Å². The summed E-state index contributed by atoms with van der Waals surface area (Å²) in [4.78, 5) is 4.78. The van der Waals surface area contributed by atoms with Crippen LogP contribution in [-0.2, 0) is 0 Å². The summed E-state index contributed by atoms with van der Waals surface area (Å²) < 4.78 is 11.4. The van der Waals surface area contributed by atoms with E-state index in [0.717, 1.165) is 43.8 Å². The Morgan fingerprint density at radius 2 is 1.26 bits per heavy atom. The number of fused-ring (bicyclic) bond motifs is 6. The molecule has 0 bridgehead atoms. The molecular weight excluding hydrogens is 534 g/mol. The van der Waals surface area contributed by atoms with Crippen LogP contribution in [0.25, 0.3) is 66.8 Å². The summed E-state index contributed by atoms with van der Waals surface area (Å²) in [5.74, 6) is 0.573. The topological polar surface area (TPSA) is 35.4 Å². The number of nitrogens with zero attached hydrogens (tertiary/aromatic N) is 3. The van der Waals surface area contributed by atoms with Crippen molar-refractivity contribution in [2.24, 2.45) is 0 Å². The molecule has 8 rings (SSSR count). The highest BCUT2D eigenvalue weighted by Crippen LogP contribution is 2.37. The minimum Gasteiger partial charge on any atom is -0.423 e. The average Bonchev–Trinajstić information content (AvgIpc) is 3.61. The number of aromatic nitrogens is 3. The lowest BCUT2D eigenvalue weighted by Gasteiger charge is -2.08. The third kappa shape index (κ3) is 3.12. The SMILES string of the molecule is Brc1c(-c2ccccc2)nc2oc3ccc(-c4ccc5c(c4)c4ccccc4n5-c4ccccc4)cc3n12. The zero-order valence-corrected chi connectivity index (χ0v) is 21.8. The fourth-order valence-corrected chi connectivity index (χ4v) is 6.16. The molecule has 0 aliphatic rings. The Balaban J connectivity index is 1.32. The molecule has 0 amide bonds. The molecule has 0 unspecified atom stereocenters. The van der Waals surface area contributed by atoms with Gasteiger partial charge in [-0.05, 0) is 69.5 Å². The maximum absolute atomic E-state index is 6.13. The number of halogens is 1. The van der Waals surface area contributed by atoms with Gasteiger partial charge in [0.1, 0.15) is 10.3 Å². The van der Waals surface area contributed by atoms with Crippen LogP contribution in [0, 0.1) is 0 Å². The molecule has 0 atom stereocenters. The van der Waals surface area contributed by atoms with Gasteiger partial charge in [0, 0.05) is 22.0 Å². The first kappa shape index (κ1) is 21.5. The number of para-hydroxylation sites is 2. The summed E-state index contributed by atoms with van der Waals surface area (Å²) >= 11 is 3.79. The first-order valence-corrected chi connectivity index (χ1v) is 13.3. The molecule has 0 saturated carbocycles. The van der Waals surface area contributed by atoms with Crippen molar-refractivity contribution in [3.05, 3.63) is 126 Å². The van der Waals surface area contributed by atoms with Crippen molar-refractivity contribution in [3.8, 4) is 28.1 Å². The normalized spacial score (nSPS) is 11.8. The number of hydrogen-bond acceptors (Lipinski definition) is 2. The first-order chi connectivity index (χ1) is 18.8. The Kier molecular flexibility index (Phi) is 4.63. The highest BCUT2D eigenvalue weighted by atomic mass is 79.9. The lowest BCUT2D eigenvalue weighted by Crippen LogP contribution is -1.92. The number of rotatable bonds is 3. The van der Waals surface area contributed by atoms with Crippen LogP contribution in [0.1, 0.15) is 0 Å². The average molecular weight is 554 g/mol. The Bertz CT molecular complexity index is 2140. The largest absolute Gasteiger partial charge is 0.423 e. The molecule has 0 fully saturated rings. The quantitative estimate of drug-likeness (QED) is 0.218. The third-order valence-corrected chi connectivity index (χ3v) is 7.99. The van der Waals surface area contributed by atoms with Gasteiger partial charge in [0.25, 0.3) is 0 Å². The summed E-state index contributed by atoms with van der Waals surface area (Å²) in [5.41, 5.74) is 9.53. The minimum absolute atomic E-state index is 0.573. The summed E-state index contributed by atoms with van der Waals surface area (Å²) in [6, 6.07) is 42.4. The molecule has 38 heavy (non-hydrogen) atoms. The first-order valence-electron chi connectivity index (χ1n) is 12.5. The van der Waals surface area contributed by atoms with Crippen molar-refractivity contribution in [1.82, 2.24) is 14.0 Å². The van der Waals surface area contributed by atoms with Crippen LogP contribution < -0.4 is 0 Å². The number of oxazole rings is 1. The Morgan fingerprint density at radius 1 is 0.579 bits per heavy atom. The van der Waals surface area contributed by atoms with Gasteiger partial charge in [0.15, 0.2) is 5.58 Å². The zero-order valence-electron chi connectivity index (χ0n) is 20.2. The van der Waals surface area contributed by atoms with E-state index in [1.54, 1.807) is 0 Å². The molecule has 180 valence electrons. The fourth-order valence-electron chi connectivity index (χ4n) is 5.50. The van der Waals surface area contributed by atoms with Gasteiger partial charge in [-0.25, -0.2) is 0 Å². The number of benzene rings is 5. The molecule has 8 aromatic rings. The van der Waals surface area contributed by atoms with Crippen LogP contribution in [0.5, 0.6) is 0 Å². The van der Waals surface area contributed by atoms with Crippen molar-refractivity contribution < 1.29 is 4.42 Å². The summed E-state index contributed by atoms with van der Waals surface area (Å²) in [5, 5.41) is 2.47. The van der Waals surface area contributed by atoms with E-state index in [1.807, 2.05) is 28.7 Å². The maximum atomic E-state index is 6.13. The summed E-state index contributed by atoms with van der Waals surface area (Å²) in [6.07, 6.45) is 0. The van der Waals surface area contributed by atoms with E-state index in [0.29, 0.717) is 5.84 Å².